The van der Waals surface area contributed by atoms with E-state index in [2.05, 4.69) is 26.0 Å². The second kappa shape index (κ2) is 22.6. The number of benzene rings is 2. The van der Waals surface area contributed by atoms with Crippen molar-refractivity contribution >= 4 is 41.4 Å². The Balaban J connectivity index is 1.82. The zero-order chi connectivity index (χ0) is 40.4. The van der Waals surface area contributed by atoms with Crippen LogP contribution >= 0.6 is 0 Å². The molecule has 0 heterocycles. The maximum absolute atomic E-state index is 13.7. The van der Waals surface area contributed by atoms with E-state index in [-0.39, 0.29) is 58.8 Å². The maximum atomic E-state index is 13.7. The average molecular weight is 776 g/mol. The summed E-state index contributed by atoms with van der Waals surface area (Å²) in [6.07, 6.45) is -0.408. The van der Waals surface area contributed by atoms with Gasteiger partial charge in [0, 0.05) is 25.6 Å². The van der Waals surface area contributed by atoms with Gasteiger partial charge in [0.2, 0.25) is 52.6 Å². The maximum Gasteiger partial charge on any atom is 0.313 e. The molecule has 0 bridgehead atoms. The third-order valence-electron chi connectivity index (χ3n) is 7.21. The molecule has 2 atom stereocenters. The van der Waals surface area contributed by atoms with Crippen LogP contribution in [-0.2, 0) is 44.8 Å². The number of urea groups is 1. The smallest absolute Gasteiger partial charge is 0.313 e. The van der Waals surface area contributed by atoms with Crippen molar-refractivity contribution in [2.45, 2.75) is 65.1 Å². The lowest BCUT2D eigenvalue weighted by atomic mass is 10.0. The molecule has 0 aliphatic rings. The first kappa shape index (κ1) is 44.8. The fourth-order valence-corrected chi connectivity index (χ4v) is 4.41. The third-order valence-corrected chi connectivity index (χ3v) is 7.21. The number of carbonyl (C=O) groups excluding carboxylic acids is 6. The van der Waals surface area contributed by atoms with Gasteiger partial charge >= 0.3 is 18.0 Å². The second-order valence-electron chi connectivity index (χ2n) is 11.8. The van der Waals surface area contributed by atoms with Crippen LogP contribution in [0.15, 0.2) is 24.3 Å². The van der Waals surface area contributed by atoms with E-state index in [1.807, 2.05) is 0 Å². The first-order valence-electron chi connectivity index (χ1n) is 16.6. The number of nitrogens with one attached hydrogen (secondary N) is 4. The summed E-state index contributed by atoms with van der Waals surface area (Å²) in [6.45, 7) is 4.18. The highest BCUT2D eigenvalue weighted by atomic mass is 19.2. The van der Waals surface area contributed by atoms with Crippen molar-refractivity contribution in [3.05, 3.63) is 58.9 Å². The monoisotopic (exact) mass is 775 g/mol. The Kier molecular flexibility index (Phi) is 18.8. The number of halogens is 5. The zero-order valence-electron chi connectivity index (χ0n) is 29.7. The summed E-state index contributed by atoms with van der Waals surface area (Å²) in [5.41, 5.74) is 6.18. The van der Waals surface area contributed by atoms with Gasteiger partial charge in [-0.25, -0.2) is 18.0 Å². The largest absolute Gasteiger partial charge is 0.461 e. The molecular formula is C34H42F5N5O10. The van der Waals surface area contributed by atoms with Crippen LogP contribution < -0.4 is 31.7 Å². The highest BCUT2D eigenvalue weighted by Gasteiger charge is 2.30. The van der Waals surface area contributed by atoms with Crippen LogP contribution in [-0.4, -0.2) is 80.7 Å². The predicted octanol–water partition coefficient (Wildman–Crippen LogP) is 2.88. The molecule has 2 aromatic rings. The predicted molar refractivity (Wildman–Crippen MR) is 179 cm³/mol. The van der Waals surface area contributed by atoms with Crippen LogP contribution in [0, 0.1) is 35.0 Å². The first-order valence-corrected chi connectivity index (χ1v) is 16.6. The summed E-state index contributed by atoms with van der Waals surface area (Å²) in [7, 11) is 0. The topological polar surface area (TPSA) is 213 Å². The molecule has 0 aliphatic heterocycles. The standard InChI is InChI=1S/C34H42F5N5O10/c1-18(2)30(33(49)43-22(5-4-12-41-34(40)50)32(48)42-21-8-6-20(7-9-21)17-53-19(3)45)44-23(46)10-13-51-15-16-52-14-11-24(47)54-31-28(38)26(36)25(35)27(37)29(31)39/h6-9,18,22,30H,4-5,10-17H2,1-3H3,(H,42,48)(H,43,49)(H,44,46)(H3,40,41,50)/t22-,30-/m0/s1. The van der Waals surface area contributed by atoms with Gasteiger partial charge in [-0.05, 0) is 36.5 Å². The number of hydrogen-bond donors (Lipinski definition) is 5. The molecule has 298 valence electrons. The zero-order valence-corrected chi connectivity index (χ0v) is 29.7. The molecule has 20 heteroatoms. The number of anilines is 1. The molecule has 6 N–H and O–H groups in total. The molecular weight excluding hydrogens is 733 g/mol. The molecule has 0 radical (unpaired) electrons. The number of primary amides is 1. The van der Waals surface area contributed by atoms with Crippen molar-refractivity contribution in [2.75, 3.05) is 38.3 Å². The fourth-order valence-electron chi connectivity index (χ4n) is 4.41. The normalized spacial score (nSPS) is 12.0. The van der Waals surface area contributed by atoms with Gasteiger partial charge in [0.05, 0.1) is 32.8 Å². The lowest BCUT2D eigenvalue weighted by Gasteiger charge is -2.25. The van der Waals surface area contributed by atoms with Crippen LogP contribution in [0.2, 0.25) is 0 Å². The number of hydrogen-bond acceptors (Lipinski definition) is 10. The van der Waals surface area contributed by atoms with E-state index in [9.17, 15) is 50.7 Å². The van der Waals surface area contributed by atoms with Crippen LogP contribution in [0.1, 0.15) is 52.0 Å². The lowest BCUT2D eigenvalue weighted by molar-refractivity contribution is -0.142. The average Bonchev–Trinajstić information content (AvgIpc) is 3.12. The lowest BCUT2D eigenvalue weighted by Crippen LogP contribution is -2.54. The Morgan fingerprint density at radius 2 is 1.33 bits per heavy atom. The fraction of sp³-hybridized carbons (Fsp3) is 0.471. The van der Waals surface area contributed by atoms with Crippen LogP contribution in [0.3, 0.4) is 0 Å². The molecule has 0 unspecified atom stereocenters. The van der Waals surface area contributed by atoms with Crippen molar-refractivity contribution in [2.24, 2.45) is 11.7 Å². The van der Waals surface area contributed by atoms with E-state index in [1.54, 1.807) is 38.1 Å². The second-order valence-corrected chi connectivity index (χ2v) is 11.8. The minimum atomic E-state index is -2.40. The van der Waals surface area contributed by atoms with Crippen molar-refractivity contribution in [1.29, 1.82) is 0 Å². The van der Waals surface area contributed by atoms with Gasteiger partial charge in [-0.1, -0.05) is 26.0 Å². The van der Waals surface area contributed by atoms with Gasteiger partial charge in [0.25, 0.3) is 0 Å². The molecule has 0 aliphatic carbocycles. The van der Waals surface area contributed by atoms with Gasteiger partial charge < -0.3 is 45.9 Å². The minimum Gasteiger partial charge on any atom is -0.461 e. The van der Waals surface area contributed by atoms with Gasteiger partial charge in [0.1, 0.15) is 18.7 Å². The van der Waals surface area contributed by atoms with Gasteiger partial charge in [-0.15, -0.1) is 0 Å². The number of rotatable bonds is 22. The van der Waals surface area contributed by atoms with Crippen molar-refractivity contribution in [1.82, 2.24) is 16.0 Å². The SMILES string of the molecule is CC(=O)OCc1ccc(NC(=O)[C@H](CCCNC(N)=O)NC(=O)[C@@H](NC(=O)CCOCCOCCC(=O)Oc2c(F)c(F)c(F)c(F)c2F)C(C)C)cc1. The van der Waals surface area contributed by atoms with Crippen LogP contribution in [0.5, 0.6) is 5.75 Å². The Bertz CT molecular complexity index is 1600. The molecule has 0 fully saturated rings. The van der Waals surface area contributed by atoms with E-state index in [4.69, 9.17) is 19.9 Å². The number of ether oxygens (including phenoxy) is 4. The first-order chi connectivity index (χ1) is 25.5. The number of amides is 5. The highest BCUT2D eigenvalue weighted by Crippen LogP contribution is 2.29. The highest BCUT2D eigenvalue weighted by molar-refractivity contribution is 5.98. The molecule has 0 spiro atoms. The van der Waals surface area contributed by atoms with Gasteiger partial charge in [0.15, 0.2) is 0 Å². The summed E-state index contributed by atoms with van der Waals surface area (Å²) in [5, 5.41) is 10.4. The molecule has 0 saturated carbocycles. The Morgan fingerprint density at radius 1 is 0.759 bits per heavy atom. The number of nitrogens with two attached hydrogens (primary N) is 1. The van der Waals surface area contributed by atoms with Gasteiger partial charge in [-0.2, -0.15) is 8.78 Å². The van der Waals surface area contributed by atoms with E-state index in [0.29, 0.717) is 11.3 Å². The molecule has 15 nitrogen and oxygen atoms in total. The van der Waals surface area contributed by atoms with Crippen LogP contribution in [0.25, 0.3) is 0 Å². The molecule has 0 aromatic heterocycles. The minimum absolute atomic E-state index is 0.0477. The summed E-state index contributed by atoms with van der Waals surface area (Å²) < 4.78 is 86.6. The molecule has 0 saturated heterocycles. The Hall–Kier alpha value is -5.37. The quantitative estimate of drug-likeness (QED) is 0.0295. The van der Waals surface area contributed by atoms with E-state index in [1.165, 1.54) is 6.92 Å². The summed E-state index contributed by atoms with van der Waals surface area (Å²) >= 11 is 0. The van der Waals surface area contributed by atoms with Crippen molar-refractivity contribution in [3.8, 4) is 5.75 Å². The van der Waals surface area contributed by atoms with E-state index >= 15 is 0 Å². The molecule has 2 rings (SSSR count). The molecule has 54 heavy (non-hydrogen) atoms. The third kappa shape index (κ3) is 15.3. The van der Waals surface area contributed by atoms with Gasteiger partial charge in [-0.3, -0.25) is 24.0 Å². The number of esters is 2. The number of carbonyl (C=O) groups is 6. The van der Waals surface area contributed by atoms with Crippen molar-refractivity contribution < 1.29 is 69.7 Å². The summed E-state index contributed by atoms with van der Waals surface area (Å²) in [4.78, 5) is 73.1. The van der Waals surface area contributed by atoms with E-state index in [0.717, 1.165) is 0 Å². The van der Waals surface area contributed by atoms with Crippen LogP contribution in [0.4, 0.5) is 32.4 Å². The Morgan fingerprint density at radius 3 is 1.89 bits per heavy atom. The summed E-state index contributed by atoms with van der Waals surface area (Å²) in [5.74, 6) is -17.2. The van der Waals surface area contributed by atoms with E-state index < -0.39 is 94.9 Å². The molecule has 2 aromatic carbocycles. The summed E-state index contributed by atoms with van der Waals surface area (Å²) in [6, 6.07) is 3.58. The Labute approximate surface area is 306 Å². The molecule has 5 amide bonds. The van der Waals surface area contributed by atoms with Crippen molar-refractivity contribution in [3.63, 3.8) is 0 Å².